The number of rotatable bonds is 7. The molecule has 0 heterocycles. The summed E-state index contributed by atoms with van der Waals surface area (Å²) >= 11 is 0. The fourth-order valence-corrected chi connectivity index (χ4v) is 98.9. The molecule has 0 bridgehead atoms. The van der Waals surface area contributed by atoms with Gasteiger partial charge in [-0.05, 0) is 6.92 Å². The van der Waals surface area contributed by atoms with Crippen LogP contribution in [0.4, 0.5) is 0 Å². The summed E-state index contributed by atoms with van der Waals surface area (Å²) in [6, 6.07) is 0. The minimum absolute atomic E-state index is 0.106. The molecule has 0 aromatic rings. The van der Waals surface area contributed by atoms with Crippen molar-refractivity contribution in [3.8, 4) is 0 Å². The van der Waals surface area contributed by atoms with Gasteiger partial charge in [-0.15, -0.1) is 0 Å². The molecule has 1 atom stereocenters. The van der Waals surface area contributed by atoms with Crippen LogP contribution in [0.5, 0.6) is 0 Å². The van der Waals surface area contributed by atoms with E-state index in [4.69, 9.17) is 4.43 Å². The Morgan fingerprint density at radius 2 is 1.16 bits per heavy atom. The van der Waals surface area contributed by atoms with Crippen LogP contribution in [0.3, 0.4) is 0 Å². The smallest absolute Gasteiger partial charge is 0.158 e. The van der Waals surface area contributed by atoms with Crippen LogP contribution < -0.4 is 0 Å². The molecule has 19 heavy (non-hydrogen) atoms. The molecule has 0 N–H and O–H groups in total. The Kier molecular flexibility index (Phi) is 6.25. The summed E-state index contributed by atoms with van der Waals surface area (Å²) in [6.45, 7) is 22.9. The SMILES string of the molecule is C[C@H](CC=O)O[Si]([Si](C)(C)C)([Si](C)(C)C)[Si](C)(C)C. The van der Waals surface area contributed by atoms with Crippen molar-refractivity contribution >= 4 is 35.9 Å². The first-order valence-corrected chi connectivity index (χ1v) is 22.7. The summed E-state index contributed by atoms with van der Waals surface area (Å²) in [7, 11) is -4.13. The monoisotopic (exact) mass is 334 g/mol. The maximum Gasteiger partial charge on any atom is 0.158 e. The average Bonchev–Trinajstić information content (AvgIpc) is 2.08. The zero-order valence-corrected chi connectivity index (χ0v) is 18.7. The molecule has 0 aliphatic heterocycles. The van der Waals surface area contributed by atoms with Gasteiger partial charge in [0.1, 0.15) is 6.29 Å². The van der Waals surface area contributed by atoms with E-state index in [9.17, 15) is 4.79 Å². The molecule has 2 nitrogen and oxygen atoms in total. The number of hydrogen-bond donors (Lipinski definition) is 0. The molecule has 0 aliphatic carbocycles. The Morgan fingerprint density at radius 1 is 0.842 bits per heavy atom. The second-order valence-corrected chi connectivity index (χ2v) is 48.2. The summed E-state index contributed by atoms with van der Waals surface area (Å²) in [4.78, 5) is 10.8. The van der Waals surface area contributed by atoms with E-state index < -0.39 is 29.6 Å². The molecule has 0 aromatic carbocycles. The molecule has 0 spiro atoms. The predicted octanol–water partition coefficient (Wildman–Crippen LogP) is 4.18. The first-order valence-electron chi connectivity index (χ1n) is 7.32. The van der Waals surface area contributed by atoms with Crippen molar-refractivity contribution in [2.24, 2.45) is 0 Å². The largest absolute Gasteiger partial charge is 0.423 e. The van der Waals surface area contributed by atoms with Crippen LogP contribution in [0, 0.1) is 0 Å². The Balaban J connectivity index is 5.89. The molecule has 0 rings (SSSR count). The van der Waals surface area contributed by atoms with E-state index in [2.05, 4.69) is 65.8 Å². The second-order valence-electron chi connectivity index (χ2n) is 8.76. The predicted molar refractivity (Wildman–Crippen MR) is 97.0 cm³/mol. The molecule has 6 heteroatoms. The van der Waals surface area contributed by atoms with Gasteiger partial charge in [-0.1, -0.05) is 58.9 Å². The first-order chi connectivity index (χ1) is 8.20. The third-order valence-corrected chi connectivity index (χ3v) is 71.6. The van der Waals surface area contributed by atoms with Gasteiger partial charge in [-0.25, -0.2) is 0 Å². The van der Waals surface area contributed by atoms with Gasteiger partial charge in [0.05, 0.1) is 22.8 Å². The minimum atomic E-state index is -1.74. The second kappa shape index (κ2) is 6.09. The van der Waals surface area contributed by atoms with E-state index in [0.29, 0.717) is 6.42 Å². The maximum atomic E-state index is 10.8. The number of hydrogen-bond acceptors (Lipinski definition) is 2. The van der Waals surface area contributed by atoms with Crippen LogP contribution in [0.2, 0.25) is 58.9 Å². The van der Waals surface area contributed by atoms with Crippen molar-refractivity contribution in [2.75, 3.05) is 0 Å². The lowest BCUT2D eigenvalue weighted by Crippen LogP contribution is -2.84. The van der Waals surface area contributed by atoms with Gasteiger partial charge >= 0.3 is 0 Å². The van der Waals surface area contributed by atoms with Crippen LogP contribution in [0.1, 0.15) is 13.3 Å². The number of carbonyl (C=O) groups is 1. The van der Waals surface area contributed by atoms with Gasteiger partial charge in [0.2, 0.25) is 0 Å². The molecular weight excluding hydrogens is 300 g/mol. The zero-order chi connectivity index (χ0) is 15.7. The van der Waals surface area contributed by atoms with Crippen molar-refractivity contribution < 1.29 is 9.22 Å². The molecule has 0 aromatic heterocycles. The van der Waals surface area contributed by atoms with Crippen molar-refractivity contribution in [2.45, 2.75) is 78.4 Å². The van der Waals surface area contributed by atoms with Crippen molar-refractivity contribution in [1.82, 2.24) is 0 Å². The molecule has 0 fully saturated rings. The number of aldehydes is 1. The average molecular weight is 335 g/mol. The van der Waals surface area contributed by atoms with Gasteiger partial charge in [0.25, 0.3) is 0 Å². The van der Waals surface area contributed by atoms with Crippen molar-refractivity contribution in [3.05, 3.63) is 0 Å². The lowest BCUT2D eigenvalue weighted by Gasteiger charge is -2.57. The topological polar surface area (TPSA) is 26.3 Å². The highest BCUT2D eigenvalue weighted by molar-refractivity contribution is 7.87. The minimum Gasteiger partial charge on any atom is -0.423 e. The molecule has 0 radical (unpaired) electrons. The fraction of sp³-hybridized carbons (Fsp3) is 0.923. The summed E-state index contributed by atoms with van der Waals surface area (Å²) < 4.78 is 6.86. The summed E-state index contributed by atoms with van der Waals surface area (Å²) in [5.74, 6) is 0. The van der Waals surface area contributed by atoms with Crippen LogP contribution in [-0.4, -0.2) is 42.0 Å². The van der Waals surface area contributed by atoms with E-state index in [1.165, 1.54) is 0 Å². The highest BCUT2D eigenvalue weighted by atomic mass is 29.9. The molecule has 0 amide bonds. The third kappa shape index (κ3) is 4.00. The molecule has 114 valence electrons. The third-order valence-electron chi connectivity index (χ3n) is 3.97. The van der Waals surface area contributed by atoms with Gasteiger partial charge in [0, 0.05) is 12.5 Å². The molecule has 0 aliphatic rings. The molecule has 0 saturated heterocycles. The van der Waals surface area contributed by atoms with Gasteiger partial charge < -0.3 is 9.22 Å². The Labute approximate surface area is 123 Å². The summed E-state index contributed by atoms with van der Waals surface area (Å²) in [5, 5.41) is 0. The summed E-state index contributed by atoms with van der Waals surface area (Å²) in [6.07, 6.45) is 1.67. The Hall–Kier alpha value is 0.498. The van der Waals surface area contributed by atoms with Crippen LogP contribution >= 0.6 is 0 Å². The Morgan fingerprint density at radius 3 is 1.37 bits per heavy atom. The maximum absolute atomic E-state index is 10.8. The van der Waals surface area contributed by atoms with E-state index in [-0.39, 0.29) is 6.10 Å². The van der Waals surface area contributed by atoms with E-state index in [1.807, 2.05) is 0 Å². The zero-order valence-electron chi connectivity index (χ0n) is 14.7. The van der Waals surface area contributed by atoms with E-state index >= 15 is 0 Å². The highest BCUT2D eigenvalue weighted by Crippen LogP contribution is 2.38. The van der Waals surface area contributed by atoms with Gasteiger partial charge in [-0.2, -0.15) is 0 Å². The lowest BCUT2D eigenvalue weighted by atomic mass is 10.3. The van der Waals surface area contributed by atoms with Crippen molar-refractivity contribution in [3.63, 3.8) is 0 Å². The van der Waals surface area contributed by atoms with Gasteiger partial charge in [-0.3, -0.25) is 0 Å². The van der Waals surface area contributed by atoms with Crippen molar-refractivity contribution in [1.29, 1.82) is 0 Å². The lowest BCUT2D eigenvalue weighted by molar-refractivity contribution is -0.109. The quantitative estimate of drug-likeness (QED) is 0.516. The fourth-order valence-electron chi connectivity index (χ4n) is 4.39. The molecular formula is C13H34O2Si4. The van der Waals surface area contributed by atoms with Gasteiger partial charge in [0.15, 0.2) is 6.87 Å². The summed E-state index contributed by atoms with van der Waals surface area (Å²) in [5.41, 5.74) is 0. The Bertz CT molecular complexity index is 274. The van der Waals surface area contributed by atoms with Crippen LogP contribution in [0.15, 0.2) is 0 Å². The molecule has 0 saturated carbocycles. The van der Waals surface area contributed by atoms with Crippen LogP contribution in [-0.2, 0) is 9.22 Å². The van der Waals surface area contributed by atoms with Crippen LogP contribution in [0.25, 0.3) is 0 Å². The molecule has 0 unspecified atom stereocenters. The van der Waals surface area contributed by atoms with E-state index in [0.717, 1.165) is 6.29 Å². The highest BCUT2D eigenvalue weighted by Gasteiger charge is 2.64. The normalized spacial score (nSPS) is 16.3. The first kappa shape index (κ1) is 19.5. The standard InChI is InChI=1S/C13H34O2Si4/c1-13(11-12-14)15-19(16(2,3)4,17(5,6)7)18(8,9)10/h12-13H,11H2,1-10H3/t13-/m1/s1. The van der Waals surface area contributed by atoms with E-state index in [1.54, 1.807) is 0 Å². The number of carbonyl (C=O) groups excluding carboxylic acids is 1.